The molecule has 1 atom stereocenters. The Kier molecular flexibility index (Phi) is 4.19. The van der Waals surface area contributed by atoms with E-state index in [1.54, 1.807) is 6.33 Å². The highest BCUT2D eigenvalue weighted by Crippen LogP contribution is 2.30. The zero-order valence-electron chi connectivity index (χ0n) is 11.8. The Morgan fingerprint density at radius 2 is 2.36 bits per heavy atom. The van der Waals surface area contributed by atoms with Crippen LogP contribution in [-0.4, -0.2) is 37.8 Å². The van der Waals surface area contributed by atoms with Crippen molar-refractivity contribution in [2.45, 2.75) is 19.4 Å². The average Bonchev–Trinajstić information content (AvgIpc) is 3.00. The maximum Gasteiger partial charge on any atom is 0.289 e. The molecule has 0 bridgehead atoms. The van der Waals surface area contributed by atoms with Gasteiger partial charge in [-0.25, -0.2) is 9.97 Å². The van der Waals surface area contributed by atoms with Crippen LogP contribution in [0, 0.1) is 16.0 Å². The van der Waals surface area contributed by atoms with Gasteiger partial charge in [0, 0.05) is 25.7 Å². The van der Waals surface area contributed by atoms with E-state index >= 15 is 0 Å². The fourth-order valence-electron chi connectivity index (χ4n) is 2.75. The first-order valence-corrected chi connectivity index (χ1v) is 7.38. The van der Waals surface area contributed by atoms with Gasteiger partial charge < -0.3 is 4.90 Å². The van der Waals surface area contributed by atoms with E-state index in [-0.39, 0.29) is 5.69 Å². The van der Waals surface area contributed by atoms with Crippen LogP contribution in [-0.2, 0) is 6.54 Å². The smallest absolute Gasteiger partial charge is 0.289 e. The van der Waals surface area contributed by atoms with Crippen molar-refractivity contribution in [3.63, 3.8) is 0 Å². The number of piperidine rings is 1. The molecule has 3 rings (SSSR count). The van der Waals surface area contributed by atoms with E-state index in [0.717, 1.165) is 32.5 Å². The molecule has 2 aromatic rings. The number of pyridine rings is 1. The van der Waals surface area contributed by atoms with Gasteiger partial charge in [0.05, 0.1) is 9.95 Å². The Morgan fingerprint density at radius 3 is 3.05 bits per heavy atom. The summed E-state index contributed by atoms with van der Waals surface area (Å²) < 4.78 is 1.82. The summed E-state index contributed by atoms with van der Waals surface area (Å²) in [4.78, 5) is 20.5. The molecule has 1 aliphatic heterocycles. The summed E-state index contributed by atoms with van der Waals surface area (Å²) in [6, 6.07) is 1.35. The van der Waals surface area contributed by atoms with Gasteiger partial charge in [0.1, 0.15) is 24.7 Å². The number of anilines is 1. The van der Waals surface area contributed by atoms with Gasteiger partial charge in [0.2, 0.25) is 0 Å². The first-order chi connectivity index (χ1) is 10.6. The van der Waals surface area contributed by atoms with Crippen molar-refractivity contribution in [2.24, 2.45) is 5.92 Å². The Morgan fingerprint density at radius 1 is 1.50 bits per heavy atom. The van der Waals surface area contributed by atoms with E-state index in [4.69, 9.17) is 11.6 Å². The third-order valence-corrected chi connectivity index (χ3v) is 4.03. The summed E-state index contributed by atoms with van der Waals surface area (Å²) >= 11 is 6.16. The molecule has 1 saturated heterocycles. The van der Waals surface area contributed by atoms with E-state index < -0.39 is 4.92 Å². The normalized spacial score (nSPS) is 18.4. The lowest BCUT2D eigenvalue weighted by atomic mass is 9.98. The first kappa shape index (κ1) is 14.7. The Hall–Kier alpha value is -2.22. The topological polar surface area (TPSA) is 90.0 Å². The predicted molar refractivity (Wildman–Crippen MR) is 80.9 cm³/mol. The molecular weight excluding hydrogens is 308 g/mol. The maximum atomic E-state index is 10.7. The van der Waals surface area contributed by atoms with Crippen LogP contribution in [0.15, 0.2) is 24.9 Å². The number of halogens is 1. The number of nitro groups is 1. The molecule has 0 radical (unpaired) electrons. The summed E-state index contributed by atoms with van der Waals surface area (Å²) in [6.45, 7) is 2.43. The zero-order valence-corrected chi connectivity index (χ0v) is 12.6. The Labute approximate surface area is 131 Å². The van der Waals surface area contributed by atoms with Gasteiger partial charge in [0.25, 0.3) is 5.69 Å². The highest BCUT2D eigenvalue weighted by atomic mass is 35.5. The largest absolute Gasteiger partial charge is 0.355 e. The van der Waals surface area contributed by atoms with Gasteiger partial charge in [-0.1, -0.05) is 11.6 Å². The quantitative estimate of drug-likeness (QED) is 0.633. The third-order valence-electron chi connectivity index (χ3n) is 3.75. The second-order valence-corrected chi connectivity index (χ2v) is 5.74. The van der Waals surface area contributed by atoms with Gasteiger partial charge >= 0.3 is 0 Å². The van der Waals surface area contributed by atoms with Crippen LogP contribution in [0.2, 0.25) is 5.02 Å². The number of aromatic nitrogens is 4. The van der Waals surface area contributed by atoms with Crippen molar-refractivity contribution >= 4 is 23.1 Å². The van der Waals surface area contributed by atoms with E-state index in [2.05, 4.69) is 20.0 Å². The minimum Gasteiger partial charge on any atom is -0.355 e. The molecule has 2 aromatic heterocycles. The Bertz CT molecular complexity index is 663. The highest BCUT2D eigenvalue weighted by Gasteiger charge is 2.24. The minimum atomic E-state index is -0.494. The predicted octanol–water partition coefficient (Wildman–Crippen LogP) is 2.15. The molecule has 0 amide bonds. The van der Waals surface area contributed by atoms with Crippen molar-refractivity contribution in [2.75, 3.05) is 18.0 Å². The number of hydrogen-bond donors (Lipinski definition) is 0. The van der Waals surface area contributed by atoms with Crippen LogP contribution in [0.4, 0.5) is 11.5 Å². The molecule has 8 nitrogen and oxygen atoms in total. The minimum absolute atomic E-state index is 0.0927. The summed E-state index contributed by atoms with van der Waals surface area (Å²) in [6.07, 6.45) is 6.60. The van der Waals surface area contributed by atoms with Crippen molar-refractivity contribution in [1.29, 1.82) is 0 Å². The monoisotopic (exact) mass is 322 g/mol. The highest BCUT2D eigenvalue weighted by molar-refractivity contribution is 6.33. The molecule has 0 saturated carbocycles. The van der Waals surface area contributed by atoms with E-state index in [9.17, 15) is 10.1 Å². The molecule has 0 N–H and O–H groups in total. The molecule has 0 spiro atoms. The zero-order chi connectivity index (χ0) is 15.5. The van der Waals surface area contributed by atoms with Crippen molar-refractivity contribution < 1.29 is 4.92 Å². The van der Waals surface area contributed by atoms with Crippen LogP contribution in [0.3, 0.4) is 0 Å². The van der Waals surface area contributed by atoms with Crippen LogP contribution >= 0.6 is 11.6 Å². The van der Waals surface area contributed by atoms with Crippen LogP contribution in [0.25, 0.3) is 0 Å². The van der Waals surface area contributed by atoms with Crippen LogP contribution < -0.4 is 4.90 Å². The lowest BCUT2D eigenvalue weighted by Gasteiger charge is -2.33. The lowest BCUT2D eigenvalue weighted by Crippen LogP contribution is -2.37. The standard InChI is InChI=1S/C13H15ClN6O2/c14-12-4-11(20(21)22)5-16-13(12)18-3-1-2-10(6-18)7-19-9-15-8-17-19/h4-5,8-10H,1-3,6-7H2. The van der Waals surface area contributed by atoms with E-state index in [1.165, 1.54) is 18.6 Å². The molecule has 0 aromatic carbocycles. The molecule has 1 aliphatic rings. The van der Waals surface area contributed by atoms with Crippen molar-refractivity contribution in [3.05, 3.63) is 40.1 Å². The van der Waals surface area contributed by atoms with Crippen molar-refractivity contribution in [3.8, 4) is 0 Å². The van der Waals surface area contributed by atoms with Crippen molar-refractivity contribution in [1.82, 2.24) is 19.7 Å². The van der Waals surface area contributed by atoms with Crippen LogP contribution in [0.5, 0.6) is 0 Å². The number of rotatable bonds is 4. The van der Waals surface area contributed by atoms with Gasteiger partial charge in [-0.2, -0.15) is 5.10 Å². The van der Waals surface area contributed by atoms with Gasteiger partial charge in [-0.3, -0.25) is 14.8 Å². The summed E-state index contributed by atoms with van der Waals surface area (Å²) in [5, 5.41) is 15.2. The fourth-order valence-corrected chi connectivity index (χ4v) is 3.03. The van der Waals surface area contributed by atoms with E-state index in [0.29, 0.717) is 16.8 Å². The first-order valence-electron chi connectivity index (χ1n) is 7.01. The second-order valence-electron chi connectivity index (χ2n) is 5.33. The van der Waals surface area contributed by atoms with E-state index in [1.807, 2.05) is 4.68 Å². The van der Waals surface area contributed by atoms with Gasteiger partial charge in [-0.15, -0.1) is 0 Å². The third kappa shape index (κ3) is 3.16. The summed E-state index contributed by atoms with van der Waals surface area (Å²) in [5.74, 6) is 1.03. The second kappa shape index (κ2) is 6.27. The average molecular weight is 323 g/mol. The number of hydrogen-bond acceptors (Lipinski definition) is 6. The SMILES string of the molecule is O=[N+]([O-])c1cnc(N2CCCC(Cn3cncn3)C2)c(Cl)c1. The summed E-state index contributed by atoms with van der Waals surface area (Å²) in [7, 11) is 0. The van der Waals surface area contributed by atoms with Gasteiger partial charge in [-0.05, 0) is 18.8 Å². The molecule has 0 aliphatic carbocycles. The molecule has 22 heavy (non-hydrogen) atoms. The molecular formula is C13H15ClN6O2. The van der Waals surface area contributed by atoms with Gasteiger partial charge in [0.15, 0.2) is 0 Å². The number of nitrogens with zero attached hydrogens (tertiary/aromatic N) is 6. The molecule has 1 fully saturated rings. The lowest BCUT2D eigenvalue weighted by molar-refractivity contribution is -0.385. The summed E-state index contributed by atoms with van der Waals surface area (Å²) in [5.41, 5.74) is -0.0927. The molecule has 116 valence electrons. The maximum absolute atomic E-state index is 10.7. The Balaban J connectivity index is 1.73. The molecule has 9 heteroatoms. The molecule has 1 unspecified atom stereocenters. The fraction of sp³-hybridized carbons (Fsp3) is 0.462. The van der Waals surface area contributed by atoms with Crippen LogP contribution in [0.1, 0.15) is 12.8 Å². The molecule has 3 heterocycles.